The molecular formula is C23H20N2O6. The van der Waals surface area contributed by atoms with Gasteiger partial charge in [-0.25, -0.2) is 9.59 Å². The normalized spacial score (nSPS) is 12.6. The Kier molecular flexibility index (Phi) is 6.20. The van der Waals surface area contributed by atoms with E-state index in [9.17, 15) is 19.2 Å². The SMILES string of the molecule is CC(=O)O/N=C(\C)C(=O)c1ccc2c(c1)-c1cc(C(=O)/C(C)=N/OC(C)=O)ccc1C2. The van der Waals surface area contributed by atoms with Gasteiger partial charge >= 0.3 is 11.9 Å². The van der Waals surface area contributed by atoms with Crippen LogP contribution in [0.3, 0.4) is 0 Å². The van der Waals surface area contributed by atoms with Gasteiger partial charge in [0, 0.05) is 25.0 Å². The molecule has 0 spiro atoms. The van der Waals surface area contributed by atoms with Crippen molar-refractivity contribution in [2.45, 2.75) is 34.1 Å². The molecule has 0 aromatic heterocycles. The summed E-state index contributed by atoms with van der Waals surface area (Å²) in [5, 5.41) is 7.10. The van der Waals surface area contributed by atoms with E-state index in [0.717, 1.165) is 22.3 Å². The van der Waals surface area contributed by atoms with Crippen molar-refractivity contribution < 1.29 is 28.9 Å². The number of hydrogen-bond donors (Lipinski definition) is 0. The highest BCUT2D eigenvalue weighted by molar-refractivity contribution is 6.45. The fraction of sp³-hybridized carbons (Fsp3) is 0.217. The molecule has 0 saturated heterocycles. The summed E-state index contributed by atoms with van der Waals surface area (Å²) in [6.07, 6.45) is 0.675. The molecule has 0 atom stereocenters. The quantitative estimate of drug-likeness (QED) is 0.261. The Morgan fingerprint density at radius 3 is 1.42 bits per heavy atom. The number of hydrogen-bond acceptors (Lipinski definition) is 8. The number of benzene rings is 2. The molecule has 0 radical (unpaired) electrons. The fourth-order valence-electron chi connectivity index (χ4n) is 3.22. The highest BCUT2D eigenvalue weighted by Crippen LogP contribution is 2.38. The van der Waals surface area contributed by atoms with Crippen LogP contribution in [0.5, 0.6) is 0 Å². The van der Waals surface area contributed by atoms with Crippen LogP contribution in [-0.2, 0) is 25.7 Å². The van der Waals surface area contributed by atoms with E-state index in [1.807, 2.05) is 12.1 Å². The van der Waals surface area contributed by atoms with E-state index in [0.29, 0.717) is 17.5 Å². The van der Waals surface area contributed by atoms with Crippen LogP contribution in [-0.4, -0.2) is 34.9 Å². The third-order valence-electron chi connectivity index (χ3n) is 4.69. The molecule has 8 nitrogen and oxygen atoms in total. The maximum Gasteiger partial charge on any atom is 0.331 e. The van der Waals surface area contributed by atoms with Crippen molar-refractivity contribution in [3.63, 3.8) is 0 Å². The summed E-state index contributed by atoms with van der Waals surface area (Å²) in [7, 11) is 0. The maximum absolute atomic E-state index is 12.6. The number of nitrogens with zero attached hydrogens (tertiary/aromatic N) is 2. The predicted octanol–water partition coefficient (Wildman–Crippen LogP) is 3.50. The summed E-state index contributed by atoms with van der Waals surface area (Å²) in [5.74, 6) is -1.96. The van der Waals surface area contributed by atoms with Crippen molar-refractivity contribution in [3.05, 3.63) is 58.7 Å². The Labute approximate surface area is 178 Å². The van der Waals surface area contributed by atoms with Gasteiger partial charge in [0.1, 0.15) is 11.4 Å². The Hall–Kier alpha value is -3.94. The maximum atomic E-state index is 12.6. The molecule has 0 heterocycles. The first-order valence-corrected chi connectivity index (χ1v) is 9.47. The molecule has 0 N–H and O–H groups in total. The zero-order chi connectivity index (χ0) is 22.7. The molecule has 158 valence electrons. The average molecular weight is 420 g/mol. The van der Waals surface area contributed by atoms with Crippen LogP contribution in [0.4, 0.5) is 0 Å². The summed E-state index contributed by atoms with van der Waals surface area (Å²) in [5.41, 5.74) is 4.61. The van der Waals surface area contributed by atoms with E-state index in [4.69, 9.17) is 0 Å². The summed E-state index contributed by atoms with van der Waals surface area (Å²) >= 11 is 0. The van der Waals surface area contributed by atoms with Crippen LogP contribution in [0.1, 0.15) is 59.5 Å². The molecule has 31 heavy (non-hydrogen) atoms. The van der Waals surface area contributed by atoms with Gasteiger partial charge in [0.25, 0.3) is 0 Å². The first-order chi connectivity index (χ1) is 14.7. The minimum Gasteiger partial charge on any atom is -0.318 e. The van der Waals surface area contributed by atoms with Gasteiger partial charge in [-0.05, 0) is 54.7 Å². The van der Waals surface area contributed by atoms with E-state index in [-0.39, 0.29) is 23.0 Å². The second kappa shape index (κ2) is 8.83. The lowest BCUT2D eigenvalue weighted by Crippen LogP contribution is -2.12. The van der Waals surface area contributed by atoms with Crippen LogP contribution in [0, 0.1) is 0 Å². The van der Waals surface area contributed by atoms with E-state index in [1.165, 1.54) is 27.7 Å². The van der Waals surface area contributed by atoms with Gasteiger partial charge < -0.3 is 9.68 Å². The molecule has 0 fully saturated rings. The van der Waals surface area contributed by atoms with Crippen LogP contribution in [0.25, 0.3) is 11.1 Å². The van der Waals surface area contributed by atoms with E-state index >= 15 is 0 Å². The highest BCUT2D eigenvalue weighted by Gasteiger charge is 2.23. The highest BCUT2D eigenvalue weighted by atomic mass is 16.7. The molecule has 8 heteroatoms. The summed E-state index contributed by atoms with van der Waals surface area (Å²) in [6.45, 7) is 5.33. The Morgan fingerprint density at radius 2 is 1.06 bits per heavy atom. The Bertz CT molecular complexity index is 1090. The Balaban J connectivity index is 1.93. The molecule has 2 aromatic rings. The predicted molar refractivity (Wildman–Crippen MR) is 113 cm³/mol. The summed E-state index contributed by atoms with van der Waals surface area (Å²) < 4.78 is 0. The smallest absolute Gasteiger partial charge is 0.318 e. The molecule has 0 saturated carbocycles. The first-order valence-electron chi connectivity index (χ1n) is 9.47. The molecule has 1 aliphatic rings. The average Bonchev–Trinajstić information content (AvgIpc) is 3.11. The largest absolute Gasteiger partial charge is 0.331 e. The van der Waals surface area contributed by atoms with Gasteiger partial charge in [-0.2, -0.15) is 0 Å². The zero-order valence-corrected chi connectivity index (χ0v) is 17.5. The number of oxime groups is 2. The molecule has 1 aliphatic carbocycles. The van der Waals surface area contributed by atoms with Crippen molar-refractivity contribution >= 4 is 34.9 Å². The second-order valence-electron chi connectivity index (χ2n) is 7.10. The Morgan fingerprint density at radius 1 is 0.677 bits per heavy atom. The lowest BCUT2D eigenvalue weighted by atomic mass is 9.97. The van der Waals surface area contributed by atoms with Gasteiger partial charge in [0.2, 0.25) is 11.6 Å². The van der Waals surface area contributed by atoms with Crippen LogP contribution in [0.2, 0.25) is 0 Å². The van der Waals surface area contributed by atoms with Gasteiger partial charge in [-0.3, -0.25) is 9.59 Å². The van der Waals surface area contributed by atoms with Crippen molar-refractivity contribution in [1.29, 1.82) is 0 Å². The number of rotatable bonds is 6. The molecule has 0 amide bonds. The summed E-state index contributed by atoms with van der Waals surface area (Å²) in [4.78, 5) is 56.2. The number of Topliss-reactive ketones (excluding diaryl/α,β-unsaturated/α-hetero) is 2. The molecular weight excluding hydrogens is 400 g/mol. The van der Waals surface area contributed by atoms with Gasteiger partial charge in [0.05, 0.1) is 0 Å². The van der Waals surface area contributed by atoms with Gasteiger partial charge in [0.15, 0.2) is 0 Å². The summed E-state index contributed by atoms with van der Waals surface area (Å²) in [6, 6.07) is 10.6. The van der Waals surface area contributed by atoms with Crippen molar-refractivity contribution in [1.82, 2.24) is 0 Å². The molecule has 0 unspecified atom stereocenters. The lowest BCUT2D eigenvalue weighted by molar-refractivity contribution is -0.141. The third-order valence-corrected chi connectivity index (χ3v) is 4.69. The minimum absolute atomic E-state index is 0.0506. The van der Waals surface area contributed by atoms with Crippen molar-refractivity contribution in [3.8, 4) is 11.1 Å². The van der Waals surface area contributed by atoms with Crippen LogP contribution in [0.15, 0.2) is 46.7 Å². The standard InChI is InChI=1S/C23H20N2O6/c1-12(24-30-14(3)26)22(28)18-7-5-16-9-17-6-8-19(11-21(17)20(16)10-18)23(29)13(2)25-31-15(4)27/h5-8,10-11H,9H2,1-4H3/b24-12+,25-13+. The number of carbonyl (C=O) groups excluding carboxylic acids is 4. The number of ketones is 2. The van der Waals surface area contributed by atoms with Crippen LogP contribution < -0.4 is 0 Å². The van der Waals surface area contributed by atoms with Crippen LogP contribution >= 0.6 is 0 Å². The van der Waals surface area contributed by atoms with Crippen molar-refractivity contribution in [2.24, 2.45) is 10.3 Å². The first kappa shape index (κ1) is 21.8. The van der Waals surface area contributed by atoms with Gasteiger partial charge in [-0.1, -0.05) is 34.6 Å². The fourth-order valence-corrected chi connectivity index (χ4v) is 3.22. The zero-order valence-electron chi connectivity index (χ0n) is 17.5. The molecule has 3 rings (SSSR count). The lowest BCUT2D eigenvalue weighted by Gasteiger charge is -2.07. The van der Waals surface area contributed by atoms with E-state index in [1.54, 1.807) is 24.3 Å². The topological polar surface area (TPSA) is 111 Å². The van der Waals surface area contributed by atoms with Crippen molar-refractivity contribution in [2.75, 3.05) is 0 Å². The van der Waals surface area contributed by atoms with Gasteiger partial charge in [-0.15, -0.1) is 0 Å². The molecule has 2 aromatic carbocycles. The molecule has 0 bridgehead atoms. The third kappa shape index (κ3) is 4.80. The second-order valence-corrected chi connectivity index (χ2v) is 7.10. The van der Waals surface area contributed by atoms with E-state index in [2.05, 4.69) is 20.0 Å². The minimum atomic E-state index is -0.611. The number of carbonyl (C=O) groups is 4. The monoisotopic (exact) mass is 420 g/mol. The van der Waals surface area contributed by atoms with E-state index < -0.39 is 11.9 Å². The number of fused-ring (bicyclic) bond motifs is 3. The molecule has 0 aliphatic heterocycles.